The van der Waals surface area contributed by atoms with Gasteiger partial charge in [0.2, 0.25) is 0 Å². The second kappa shape index (κ2) is 8.03. The molecule has 0 saturated heterocycles. The van der Waals surface area contributed by atoms with Gasteiger partial charge in [0, 0.05) is 21.6 Å². The molecule has 0 aliphatic carbocycles. The van der Waals surface area contributed by atoms with Gasteiger partial charge >= 0.3 is 0 Å². The summed E-state index contributed by atoms with van der Waals surface area (Å²) in [4.78, 5) is 2.39. The Morgan fingerprint density at radius 3 is 2.60 bits per heavy atom. The standard InChI is InChI=1S/C15H17ClFNS2/c1-2-18-12(9-14-7-8-15(16)20-14)10-19-13-5-3-11(17)4-6-13/h3-8,12,18H,2,9-10H2,1H3. The summed E-state index contributed by atoms with van der Waals surface area (Å²) in [5.41, 5.74) is 0. The number of hydrogen-bond acceptors (Lipinski definition) is 3. The second-order valence-electron chi connectivity index (χ2n) is 4.43. The van der Waals surface area contributed by atoms with Crippen LogP contribution in [0.2, 0.25) is 4.34 Å². The van der Waals surface area contributed by atoms with Crippen molar-refractivity contribution in [2.24, 2.45) is 0 Å². The third-order valence-electron chi connectivity index (χ3n) is 2.83. The van der Waals surface area contributed by atoms with Gasteiger partial charge in [0.15, 0.2) is 0 Å². The van der Waals surface area contributed by atoms with Crippen molar-refractivity contribution < 1.29 is 4.39 Å². The van der Waals surface area contributed by atoms with Crippen LogP contribution >= 0.6 is 34.7 Å². The number of nitrogens with one attached hydrogen (secondary N) is 1. The monoisotopic (exact) mass is 329 g/mol. The number of benzene rings is 1. The first-order chi connectivity index (χ1) is 9.67. The van der Waals surface area contributed by atoms with Crippen LogP contribution < -0.4 is 5.32 Å². The van der Waals surface area contributed by atoms with Gasteiger partial charge in [-0.25, -0.2) is 4.39 Å². The minimum Gasteiger partial charge on any atom is -0.313 e. The van der Waals surface area contributed by atoms with Crippen LogP contribution in [0.1, 0.15) is 11.8 Å². The lowest BCUT2D eigenvalue weighted by atomic mass is 10.2. The van der Waals surface area contributed by atoms with Gasteiger partial charge in [0.25, 0.3) is 0 Å². The molecule has 1 aromatic carbocycles. The fourth-order valence-corrected chi connectivity index (χ4v) is 4.04. The molecule has 0 saturated carbocycles. The van der Waals surface area contributed by atoms with Crippen LogP contribution in [0.5, 0.6) is 0 Å². The Morgan fingerprint density at radius 2 is 2.00 bits per heavy atom. The van der Waals surface area contributed by atoms with Gasteiger partial charge in [0.05, 0.1) is 4.34 Å². The molecule has 1 atom stereocenters. The number of halogens is 2. The van der Waals surface area contributed by atoms with Crippen LogP contribution in [0.4, 0.5) is 4.39 Å². The average molecular weight is 330 g/mol. The summed E-state index contributed by atoms with van der Waals surface area (Å²) >= 11 is 9.34. The zero-order chi connectivity index (χ0) is 14.4. The predicted molar refractivity (Wildman–Crippen MR) is 87.6 cm³/mol. The number of likely N-dealkylation sites (N-methyl/N-ethyl adjacent to an activating group) is 1. The van der Waals surface area contributed by atoms with E-state index in [-0.39, 0.29) is 5.82 Å². The van der Waals surface area contributed by atoms with Gasteiger partial charge in [-0.2, -0.15) is 0 Å². The van der Waals surface area contributed by atoms with E-state index in [0.29, 0.717) is 6.04 Å². The van der Waals surface area contributed by atoms with Crippen molar-refractivity contribution in [3.05, 3.63) is 51.4 Å². The van der Waals surface area contributed by atoms with Gasteiger partial charge in [-0.3, -0.25) is 0 Å². The third-order valence-corrected chi connectivity index (χ3v) is 5.26. The zero-order valence-electron chi connectivity index (χ0n) is 11.2. The molecular weight excluding hydrogens is 313 g/mol. The van der Waals surface area contributed by atoms with E-state index in [1.165, 1.54) is 17.0 Å². The molecule has 0 aliphatic rings. The molecule has 0 radical (unpaired) electrons. The lowest BCUT2D eigenvalue weighted by Gasteiger charge is -2.16. The molecule has 0 fully saturated rings. The molecule has 108 valence electrons. The Kier molecular flexibility index (Phi) is 6.36. The molecular formula is C15H17ClFNS2. The van der Waals surface area contributed by atoms with E-state index in [9.17, 15) is 4.39 Å². The average Bonchev–Trinajstić information content (AvgIpc) is 2.83. The maximum Gasteiger partial charge on any atom is 0.123 e. The summed E-state index contributed by atoms with van der Waals surface area (Å²) in [6, 6.07) is 11.1. The first kappa shape index (κ1) is 15.8. The van der Waals surface area contributed by atoms with Gasteiger partial charge in [-0.05, 0) is 49.4 Å². The fraction of sp³-hybridized carbons (Fsp3) is 0.333. The van der Waals surface area contributed by atoms with E-state index >= 15 is 0 Å². The van der Waals surface area contributed by atoms with Gasteiger partial charge < -0.3 is 5.32 Å². The Balaban J connectivity index is 1.90. The Bertz CT molecular complexity index is 527. The van der Waals surface area contributed by atoms with E-state index in [2.05, 4.69) is 18.3 Å². The van der Waals surface area contributed by atoms with Crippen molar-refractivity contribution in [2.75, 3.05) is 12.3 Å². The van der Waals surface area contributed by atoms with Crippen LogP contribution in [0, 0.1) is 5.82 Å². The summed E-state index contributed by atoms with van der Waals surface area (Å²) < 4.78 is 13.7. The molecule has 0 bridgehead atoms. The zero-order valence-corrected chi connectivity index (χ0v) is 13.6. The van der Waals surface area contributed by atoms with Crippen molar-refractivity contribution in [3.8, 4) is 0 Å². The fourth-order valence-electron chi connectivity index (χ4n) is 1.91. The summed E-state index contributed by atoms with van der Waals surface area (Å²) in [5, 5.41) is 3.49. The van der Waals surface area contributed by atoms with E-state index in [1.807, 2.05) is 18.2 Å². The highest BCUT2D eigenvalue weighted by Gasteiger charge is 2.11. The molecule has 1 heterocycles. The lowest BCUT2D eigenvalue weighted by molar-refractivity contribution is 0.576. The largest absolute Gasteiger partial charge is 0.313 e. The van der Waals surface area contributed by atoms with E-state index < -0.39 is 0 Å². The van der Waals surface area contributed by atoms with Crippen LogP contribution in [-0.2, 0) is 6.42 Å². The minimum absolute atomic E-state index is 0.189. The molecule has 1 N–H and O–H groups in total. The summed E-state index contributed by atoms with van der Waals surface area (Å²) in [6.07, 6.45) is 0.972. The smallest absolute Gasteiger partial charge is 0.123 e. The molecule has 5 heteroatoms. The number of rotatable bonds is 7. The van der Waals surface area contributed by atoms with Gasteiger partial charge in [0.1, 0.15) is 5.82 Å². The van der Waals surface area contributed by atoms with Crippen molar-refractivity contribution in [1.29, 1.82) is 0 Å². The third kappa shape index (κ3) is 5.09. The highest BCUT2D eigenvalue weighted by Crippen LogP contribution is 2.25. The normalized spacial score (nSPS) is 12.6. The maximum absolute atomic E-state index is 12.9. The molecule has 0 amide bonds. The molecule has 1 aromatic heterocycles. The molecule has 1 nitrogen and oxygen atoms in total. The molecule has 2 rings (SSSR count). The molecule has 2 aromatic rings. The maximum atomic E-state index is 12.9. The van der Waals surface area contributed by atoms with Crippen LogP contribution in [0.15, 0.2) is 41.3 Å². The Morgan fingerprint density at radius 1 is 1.25 bits per heavy atom. The van der Waals surface area contributed by atoms with Crippen LogP contribution in [-0.4, -0.2) is 18.3 Å². The highest BCUT2D eigenvalue weighted by atomic mass is 35.5. The summed E-state index contributed by atoms with van der Waals surface area (Å²) in [6.45, 7) is 3.05. The highest BCUT2D eigenvalue weighted by molar-refractivity contribution is 7.99. The first-order valence-electron chi connectivity index (χ1n) is 6.53. The summed E-state index contributed by atoms with van der Waals surface area (Å²) in [7, 11) is 0. The second-order valence-corrected chi connectivity index (χ2v) is 7.32. The first-order valence-corrected chi connectivity index (χ1v) is 8.71. The van der Waals surface area contributed by atoms with Gasteiger partial charge in [-0.15, -0.1) is 23.1 Å². The van der Waals surface area contributed by atoms with Crippen molar-refractivity contribution >= 4 is 34.7 Å². The van der Waals surface area contributed by atoms with Crippen molar-refractivity contribution in [3.63, 3.8) is 0 Å². The molecule has 1 unspecified atom stereocenters. The van der Waals surface area contributed by atoms with E-state index in [0.717, 1.165) is 28.0 Å². The molecule has 0 aliphatic heterocycles. The van der Waals surface area contributed by atoms with Gasteiger partial charge in [-0.1, -0.05) is 18.5 Å². The summed E-state index contributed by atoms with van der Waals surface area (Å²) in [5.74, 6) is 0.764. The van der Waals surface area contributed by atoms with Crippen molar-refractivity contribution in [1.82, 2.24) is 5.32 Å². The Hall–Kier alpha value is -0.550. The predicted octanol–water partition coefficient (Wildman–Crippen LogP) is 4.85. The number of hydrogen-bond donors (Lipinski definition) is 1. The van der Waals surface area contributed by atoms with E-state index in [1.54, 1.807) is 23.1 Å². The number of thiophene rings is 1. The Labute approximate surface area is 132 Å². The molecule has 20 heavy (non-hydrogen) atoms. The molecule has 0 spiro atoms. The van der Waals surface area contributed by atoms with E-state index in [4.69, 9.17) is 11.6 Å². The van der Waals surface area contributed by atoms with Crippen molar-refractivity contribution in [2.45, 2.75) is 24.3 Å². The lowest BCUT2D eigenvalue weighted by Crippen LogP contribution is -2.32. The number of thioether (sulfide) groups is 1. The topological polar surface area (TPSA) is 12.0 Å². The SMILES string of the molecule is CCNC(CSc1ccc(F)cc1)Cc1ccc(Cl)s1. The van der Waals surface area contributed by atoms with Crippen LogP contribution in [0.3, 0.4) is 0 Å². The van der Waals surface area contributed by atoms with Crippen LogP contribution in [0.25, 0.3) is 0 Å². The minimum atomic E-state index is -0.189. The quantitative estimate of drug-likeness (QED) is 0.728.